The van der Waals surface area contributed by atoms with E-state index in [1.807, 2.05) is 0 Å². The van der Waals surface area contributed by atoms with Gasteiger partial charge in [0.15, 0.2) is 0 Å². The van der Waals surface area contributed by atoms with Crippen LogP contribution >= 0.6 is 11.6 Å². The van der Waals surface area contributed by atoms with Gasteiger partial charge < -0.3 is 10.6 Å². The number of nitrogens with one attached hydrogen (secondary N) is 2. The first-order chi connectivity index (χ1) is 8.90. The minimum atomic E-state index is -0.532. The standard InChI is InChI=1S/C14H18ClFN2O/c1-14(2)6-3-7-17-12(14)13(19)18-9-4-5-10(15)11(16)8-9/h4-5,8,12,17H,3,6-7H2,1-2H3,(H,18,19). The highest BCUT2D eigenvalue weighted by atomic mass is 35.5. The molecular weight excluding hydrogens is 267 g/mol. The van der Waals surface area contributed by atoms with Crippen LogP contribution in [0.15, 0.2) is 18.2 Å². The van der Waals surface area contributed by atoms with Crippen molar-refractivity contribution in [3.8, 4) is 0 Å². The van der Waals surface area contributed by atoms with Crippen molar-refractivity contribution < 1.29 is 9.18 Å². The van der Waals surface area contributed by atoms with Crippen molar-refractivity contribution in [2.75, 3.05) is 11.9 Å². The smallest absolute Gasteiger partial charge is 0.242 e. The number of amides is 1. The summed E-state index contributed by atoms with van der Waals surface area (Å²) >= 11 is 5.61. The second-order valence-electron chi connectivity index (χ2n) is 5.60. The lowest BCUT2D eigenvalue weighted by atomic mass is 9.77. The number of benzene rings is 1. The number of piperidine rings is 1. The summed E-state index contributed by atoms with van der Waals surface area (Å²) in [7, 11) is 0. The minimum absolute atomic E-state index is 0.0501. The fraction of sp³-hybridized carbons (Fsp3) is 0.500. The van der Waals surface area contributed by atoms with E-state index in [0.717, 1.165) is 19.4 Å². The number of carbonyl (C=O) groups excluding carboxylic acids is 1. The van der Waals surface area contributed by atoms with Crippen LogP contribution in [-0.2, 0) is 4.79 Å². The molecular formula is C14H18ClFN2O. The molecule has 1 amide bonds. The third kappa shape index (κ3) is 3.25. The Bertz CT molecular complexity index is 490. The molecule has 0 saturated carbocycles. The largest absolute Gasteiger partial charge is 0.325 e. The van der Waals surface area contributed by atoms with Gasteiger partial charge >= 0.3 is 0 Å². The SMILES string of the molecule is CC1(C)CCCNC1C(=O)Nc1ccc(Cl)c(F)c1. The van der Waals surface area contributed by atoms with Crippen molar-refractivity contribution in [2.24, 2.45) is 5.41 Å². The Balaban J connectivity index is 2.09. The van der Waals surface area contributed by atoms with E-state index in [1.165, 1.54) is 12.1 Å². The lowest BCUT2D eigenvalue weighted by Crippen LogP contribution is -2.53. The molecule has 0 spiro atoms. The quantitative estimate of drug-likeness (QED) is 0.876. The van der Waals surface area contributed by atoms with Crippen LogP contribution in [0.3, 0.4) is 0 Å². The van der Waals surface area contributed by atoms with E-state index in [9.17, 15) is 9.18 Å². The molecule has 1 unspecified atom stereocenters. The number of hydrogen-bond acceptors (Lipinski definition) is 2. The zero-order valence-corrected chi connectivity index (χ0v) is 11.9. The normalized spacial score (nSPS) is 22.0. The van der Waals surface area contributed by atoms with Crippen LogP contribution in [0.25, 0.3) is 0 Å². The number of halogens is 2. The van der Waals surface area contributed by atoms with Crippen LogP contribution in [0.4, 0.5) is 10.1 Å². The van der Waals surface area contributed by atoms with E-state index in [4.69, 9.17) is 11.6 Å². The average molecular weight is 285 g/mol. The zero-order valence-electron chi connectivity index (χ0n) is 11.1. The van der Waals surface area contributed by atoms with E-state index in [0.29, 0.717) is 5.69 Å². The molecule has 19 heavy (non-hydrogen) atoms. The molecule has 1 fully saturated rings. The molecule has 104 valence electrons. The van der Waals surface area contributed by atoms with Gasteiger partial charge in [0.25, 0.3) is 0 Å². The molecule has 1 atom stereocenters. The summed E-state index contributed by atoms with van der Waals surface area (Å²) in [4.78, 5) is 12.3. The van der Waals surface area contributed by atoms with Gasteiger partial charge in [-0.25, -0.2) is 4.39 Å². The first-order valence-electron chi connectivity index (χ1n) is 6.39. The van der Waals surface area contributed by atoms with Gasteiger partial charge in [0.1, 0.15) is 5.82 Å². The summed E-state index contributed by atoms with van der Waals surface area (Å²) < 4.78 is 13.3. The summed E-state index contributed by atoms with van der Waals surface area (Å²) in [6.07, 6.45) is 2.05. The zero-order chi connectivity index (χ0) is 14.0. The lowest BCUT2D eigenvalue weighted by Gasteiger charge is -2.38. The number of anilines is 1. The van der Waals surface area contributed by atoms with Crippen LogP contribution in [0.1, 0.15) is 26.7 Å². The van der Waals surface area contributed by atoms with E-state index < -0.39 is 5.82 Å². The van der Waals surface area contributed by atoms with Crippen molar-refractivity contribution in [1.82, 2.24) is 5.32 Å². The van der Waals surface area contributed by atoms with Gasteiger partial charge in [-0.1, -0.05) is 25.4 Å². The second kappa shape index (κ2) is 5.47. The van der Waals surface area contributed by atoms with Crippen molar-refractivity contribution in [1.29, 1.82) is 0 Å². The molecule has 3 nitrogen and oxygen atoms in total. The van der Waals surface area contributed by atoms with Crippen molar-refractivity contribution in [3.63, 3.8) is 0 Å². The maximum atomic E-state index is 13.3. The van der Waals surface area contributed by atoms with E-state index >= 15 is 0 Å². The molecule has 0 aliphatic carbocycles. The summed E-state index contributed by atoms with van der Waals surface area (Å²) in [6.45, 7) is 4.95. The van der Waals surface area contributed by atoms with Crippen LogP contribution in [0.5, 0.6) is 0 Å². The summed E-state index contributed by atoms with van der Waals surface area (Å²) in [5.41, 5.74) is 0.322. The molecule has 0 bridgehead atoms. The predicted octanol–water partition coefficient (Wildman–Crippen LogP) is 3.20. The fourth-order valence-corrected chi connectivity index (χ4v) is 2.56. The molecule has 1 aliphatic rings. The molecule has 0 radical (unpaired) electrons. The number of carbonyl (C=O) groups is 1. The van der Waals surface area contributed by atoms with Crippen molar-refractivity contribution in [3.05, 3.63) is 29.0 Å². The molecule has 1 aliphatic heterocycles. The third-order valence-corrected chi connectivity index (χ3v) is 3.88. The highest BCUT2D eigenvalue weighted by Gasteiger charge is 2.37. The maximum absolute atomic E-state index is 13.3. The fourth-order valence-electron chi connectivity index (χ4n) is 2.45. The molecule has 1 aromatic carbocycles. The molecule has 5 heteroatoms. The average Bonchev–Trinajstić information content (AvgIpc) is 2.33. The second-order valence-corrected chi connectivity index (χ2v) is 6.00. The Hall–Kier alpha value is -1.13. The molecule has 0 aromatic heterocycles. The Morgan fingerprint density at radius 3 is 2.89 bits per heavy atom. The number of rotatable bonds is 2. The van der Waals surface area contributed by atoms with Crippen LogP contribution in [-0.4, -0.2) is 18.5 Å². The van der Waals surface area contributed by atoms with Crippen LogP contribution < -0.4 is 10.6 Å². The van der Waals surface area contributed by atoms with Gasteiger partial charge in [0, 0.05) is 5.69 Å². The molecule has 1 saturated heterocycles. The topological polar surface area (TPSA) is 41.1 Å². The van der Waals surface area contributed by atoms with Gasteiger partial charge in [-0.3, -0.25) is 4.79 Å². The Labute approximate surface area is 117 Å². The number of hydrogen-bond donors (Lipinski definition) is 2. The van der Waals surface area contributed by atoms with E-state index in [2.05, 4.69) is 24.5 Å². The Morgan fingerprint density at radius 2 is 2.26 bits per heavy atom. The molecule has 1 heterocycles. The summed E-state index contributed by atoms with van der Waals surface area (Å²) in [5, 5.41) is 6.01. The van der Waals surface area contributed by atoms with Crippen LogP contribution in [0, 0.1) is 11.2 Å². The van der Waals surface area contributed by atoms with Gasteiger partial charge in [-0.05, 0) is 43.0 Å². The van der Waals surface area contributed by atoms with Gasteiger partial charge in [-0.15, -0.1) is 0 Å². The van der Waals surface area contributed by atoms with Gasteiger partial charge in [-0.2, -0.15) is 0 Å². The highest BCUT2D eigenvalue weighted by Crippen LogP contribution is 2.31. The Morgan fingerprint density at radius 1 is 1.53 bits per heavy atom. The van der Waals surface area contributed by atoms with Gasteiger partial charge in [0.2, 0.25) is 5.91 Å². The molecule has 2 rings (SSSR count). The lowest BCUT2D eigenvalue weighted by molar-refractivity contribution is -0.121. The first-order valence-corrected chi connectivity index (χ1v) is 6.77. The third-order valence-electron chi connectivity index (χ3n) is 3.58. The monoisotopic (exact) mass is 284 g/mol. The molecule has 1 aromatic rings. The first kappa shape index (κ1) is 14.3. The molecule has 2 N–H and O–H groups in total. The summed E-state index contributed by atoms with van der Waals surface area (Å²) in [5.74, 6) is -0.665. The predicted molar refractivity (Wildman–Crippen MR) is 74.8 cm³/mol. The van der Waals surface area contributed by atoms with Crippen LogP contribution in [0.2, 0.25) is 5.02 Å². The minimum Gasteiger partial charge on any atom is -0.325 e. The van der Waals surface area contributed by atoms with E-state index in [1.54, 1.807) is 6.07 Å². The van der Waals surface area contributed by atoms with Gasteiger partial charge in [0.05, 0.1) is 11.1 Å². The highest BCUT2D eigenvalue weighted by molar-refractivity contribution is 6.30. The van der Waals surface area contributed by atoms with Crippen molar-refractivity contribution in [2.45, 2.75) is 32.7 Å². The van der Waals surface area contributed by atoms with E-state index in [-0.39, 0.29) is 22.4 Å². The Kier molecular flexibility index (Phi) is 4.11. The maximum Gasteiger partial charge on any atom is 0.242 e. The summed E-state index contributed by atoms with van der Waals surface area (Å²) in [6, 6.07) is 4.00. The van der Waals surface area contributed by atoms with Crippen molar-refractivity contribution >= 4 is 23.2 Å².